The Morgan fingerprint density at radius 2 is 2.32 bits per heavy atom. The lowest BCUT2D eigenvalue weighted by Crippen LogP contribution is -2.29. The van der Waals surface area contributed by atoms with Gasteiger partial charge in [-0.1, -0.05) is 31.4 Å². The molecule has 1 aliphatic rings. The van der Waals surface area contributed by atoms with Crippen molar-refractivity contribution in [1.82, 2.24) is 9.78 Å². The molecule has 1 aromatic rings. The number of aryl methyl sites for hydroxylation is 2. The molecule has 2 rings (SSSR count). The smallest absolute Gasteiger partial charge is 0.0847 e. The van der Waals surface area contributed by atoms with E-state index in [-0.39, 0.29) is 5.41 Å². The molecule has 0 amide bonds. The molecular weight excluding hydrogens is 258 g/mol. The molecule has 0 N–H and O–H groups in total. The zero-order valence-electron chi connectivity index (χ0n) is 12.0. The van der Waals surface area contributed by atoms with Gasteiger partial charge in [-0.3, -0.25) is 4.68 Å². The summed E-state index contributed by atoms with van der Waals surface area (Å²) in [7, 11) is 0. The maximum Gasteiger partial charge on any atom is 0.0847 e. The van der Waals surface area contributed by atoms with Gasteiger partial charge in [-0.25, -0.2) is 0 Å². The van der Waals surface area contributed by atoms with Crippen LogP contribution >= 0.6 is 11.6 Å². The average molecular weight is 280 g/mol. The second-order valence-electron chi connectivity index (χ2n) is 5.93. The van der Waals surface area contributed by atoms with Crippen molar-refractivity contribution in [2.45, 2.75) is 59.4 Å². The van der Waals surface area contributed by atoms with E-state index in [4.69, 9.17) is 11.6 Å². The van der Waals surface area contributed by atoms with Crippen molar-refractivity contribution in [3.63, 3.8) is 0 Å². The van der Waals surface area contributed by atoms with Crippen LogP contribution in [-0.2, 0) is 13.0 Å². The molecule has 0 radical (unpaired) electrons. The van der Waals surface area contributed by atoms with Crippen LogP contribution < -0.4 is 0 Å². The number of aromatic nitrogens is 2. The molecule has 1 saturated carbocycles. The number of halogens is 1. The molecule has 104 valence electrons. The van der Waals surface area contributed by atoms with Crippen LogP contribution in [0.4, 0.5) is 0 Å². The topological polar surface area (TPSA) is 41.6 Å². The summed E-state index contributed by atoms with van der Waals surface area (Å²) in [5.41, 5.74) is 1.66. The Morgan fingerprint density at radius 3 is 2.89 bits per heavy atom. The monoisotopic (exact) mass is 279 g/mol. The van der Waals surface area contributed by atoms with Gasteiger partial charge in [0.15, 0.2) is 0 Å². The van der Waals surface area contributed by atoms with Crippen LogP contribution in [0.5, 0.6) is 0 Å². The number of rotatable bonds is 3. The van der Waals surface area contributed by atoms with Crippen molar-refractivity contribution < 1.29 is 0 Å². The summed E-state index contributed by atoms with van der Waals surface area (Å²) in [5, 5.41) is 14.9. The van der Waals surface area contributed by atoms with Gasteiger partial charge in [-0.2, -0.15) is 10.4 Å². The first-order valence-corrected chi connectivity index (χ1v) is 7.52. The molecular formula is C15H22ClN3. The molecule has 2 unspecified atom stereocenters. The van der Waals surface area contributed by atoms with Crippen LogP contribution in [-0.4, -0.2) is 9.78 Å². The minimum atomic E-state index is -0.249. The van der Waals surface area contributed by atoms with Gasteiger partial charge in [-0.05, 0) is 32.6 Å². The Balaban J connectivity index is 2.31. The van der Waals surface area contributed by atoms with Crippen LogP contribution in [0.25, 0.3) is 0 Å². The van der Waals surface area contributed by atoms with Gasteiger partial charge >= 0.3 is 0 Å². The van der Waals surface area contributed by atoms with Crippen molar-refractivity contribution in [3.8, 4) is 6.07 Å². The molecule has 0 aromatic carbocycles. The summed E-state index contributed by atoms with van der Waals surface area (Å²) in [5.74, 6) is 0.631. The SMILES string of the molecule is CCn1nc(C)c(Cl)c1CC1(C#N)CCCC(C)C1. The maximum absolute atomic E-state index is 9.66. The van der Waals surface area contributed by atoms with E-state index in [1.807, 2.05) is 11.6 Å². The van der Waals surface area contributed by atoms with E-state index in [2.05, 4.69) is 25.0 Å². The molecule has 19 heavy (non-hydrogen) atoms. The van der Waals surface area contributed by atoms with Crippen LogP contribution in [0, 0.1) is 29.6 Å². The van der Waals surface area contributed by atoms with E-state index >= 15 is 0 Å². The van der Waals surface area contributed by atoms with E-state index in [1.165, 1.54) is 6.42 Å². The zero-order chi connectivity index (χ0) is 14.0. The zero-order valence-corrected chi connectivity index (χ0v) is 12.8. The fourth-order valence-electron chi connectivity index (χ4n) is 3.32. The van der Waals surface area contributed by atoms with E-state index in [1.54, 1.807) is 0 Å². The Bertz CT molecular complexity index is 500. The van der Waals surface area contributed by atoms with Gasteiger partial charge in [0.05, 0.1) is 27.9 Å². The number of nitriles is 1. The molecule has 0 saturated heterocycles. The fraction of sp³-hybridized carbons (Fsp3) is 0.733. The number of hydrogen-bond donors (Lipinski definition) is 0. The molecule has 0 spiro atoms. The lowest BCUT2D eigenvalue weighted by Gasteiger charge is -2.34. The largest absolute Gasteiger partial charge is 0.268 e. The highest BCUT2D eigenvalue weighted by molar-refractivity contribution is 6.31. The molecule has 1 aliphatic carbocycles. The van der Waals surface area contributed by atoms with Crippen molar-refractivity contribution in [2.24, 2.45) is 11.3 Å². The molecule has 3 nitrogen and oxygen atoms in total. The van der Waals surface area contributed by atoms with Crippen molar-refractivity contribution in [3.05, 3.63) is 16.4 Å². The summed E-state index contributed by atoms with van der Waals surface area (Å²) in [6, 6.07) is 2.58. The van der Waals surface area contributed by atoms with Crippen LogP contribution in [0.3, 0.4) is 0 Å². The van der Waals surface area contributed by atoms with Crippen molar-refractivity contribution >= 4 is 11.6 Å². The molecule has 1 aromatic heterocycles. The minimum Gasteiger partial charge on any atom is -0.268 e. The standard InChI is InChI=1S/C15H22ClN3/c1-4-19-13(14(16)12(3)18-19)9-15(10-17)7-5-6-11(2)8-15/h11H,4-9H2,1-3H3. The Hall–Kier alpha value is -1.01. The summed E-state index contributed by atoms with van der Waals surface area (Å²) < 4.78 is 1.95. The van der Waals surface area contributed by atoms with Gasteiger partial charge < -0.3 is 0 Å². The second-order valence-corrected chi connectivity index (χ2v) is 6.31. The molecule has 1 fully saturated rings. The summed E-state index contributed by atoms with van der Waals surface area (Å²) in [4.78, 5) is 0. The highest BCUT2D eigenvalue weighted by atomic mass is 35.5. The maximum atomic E-state index is 9.66. The molecule has 4 heteroatoms. The van der Waals surface area contributed by atoms with Gasteiger partial charge in [0.1, 0.15) is 0 Å². The molecule has 0 aliphatic heterocycles. The predicted octanol–water partition coefficient (Wildman–Crippen LogP) is 4.13. The van der Waals surface area contributed by atoms with E-state index in [0.717, 1.165) is 48.6 Å². The summed E-state index contributed by atoms with van der Waals surface area (Å²) in [6.45, 7) is 7.05. The lowest BCUT2D eigenvalue weighted by atomic mass is 9.68. The summed E-state index contributed by atoms with van der Waals surface area (Å²) in [6.07, 6.45) is 5.09. The third kappa shape index (κ3) is 2.79. The van der Waals surface area contributed by atoms with Crippen LogP contribution in [0.15, 0.2) is 0 Å². The normalized spacial score (nSPS) is 27.2. The highest BCUT2D eigenvalue weighted by Gasteiger charge is 2.37. The van der Waals surface area contributed by atoms with Gasteiger partial charge in [0.25, 0.3) is 0 Å². The number of nitrogens with zero attached hydrogens (tertiary/aromatic N) is 3. The van der Waals surface area contributed by atoms with Crippen LogP contribution in [0.2, 0.25) is 5.02 Å². The Labute approximate surface area is 120 Å². The van der Waals surface area contributed by atoms with Gasteiger partial charge in [0.2, 0.25) is 0 Å². The number of hydrogen-bond acceptors (Lipinski definition) is 2. The van der Waals surface area contributed by atoms with Crippen molar-refractivity contribution in [2.75, 3.05) is 0 Å². The first-order chi connectivity index (χ1) is 9.01. The molecule has 0 bridgehead atoms. The highest BCUT2D eigenvalue weighted by Crippen LogP contribution is 2.42. The second kappa shape index (κ2) is 5.54. The average Bonchev–Trinajstić information content (AvgIpc) is 2.66. The first kappa shape index (κ1) is 14.4. The first-order valence-electron chi connectivity index (χ1n) is 7.14. The minimum absolute atomic E-state index is 0.249. The lowest BCUT2D eigenvalue weighted by molar-refractivity contribution is 0.206. The van der Waals surface area contributed by atoms with Gasteiger partial charge in [0, 0.05) is 13.0 Å². The van der Waals surface area contributed by atoms with Crippen LogP contribution in [0.1, 0.15) is 50.9 Å². The quantitative estimate of drug-likeness (QED) is 0.835. The fourth-order valence-corrected chi connectivity index (χ4v) is 3.52. The van der Waals surface area contributed by atoms with Gasteiger partial charge in [-0.15, -0.1) is 0 Å². The van der Waals surface area contributed by atoms with Crippen molar-refractivity contribution in [1.29, 1.82) is 5.26 Å². The third-order valence-corrected chi connectivity index (χ3v) is 4.78. The molecule has 1 heterocycles. The molecule has 2 atom stereocenters. The predicted molar refractivity (Wildman–Crippen MR) is 77.0 cm³/mol. The Morgan fingerprint density at radius 1 is 1.58 bits per heavy atom. The van der Waals surface area contributed by atoms with E-state index in [0.29, 0.717) is 5.92 Å². The summed E-state index contributed by atoms with van der Waals surface area (Å²) >= 11 is 6.37. The third-order valence-electron chi connectivity index (χ3n) is 4.29. The van der Waals surface area contributed by atoms with E-state index in [9.17, 15) is 5.26 Å². The Kier molecular flexibility index (Phi) is 4.20. The van der Waals surface area contributed by atoms with E-state index < -0.39 is 0 Å².